The van der Waals surface area contributed by atoms with E-state index in [0.29, 0.717) is 41.7 Å². The standard InChI is InChI=1S/C32H40O4/c1-19(2)10-11-24-22(7)16-23-17-25-29(31(36-9)28(23)30(24)34)26(33)18-27(35-8)32(25,14-12-20(3)4)15-13-21(5)6/h10,12-13,16-18,34H,11,14-15H2,1-9H3. The zero-order valence-electron chi connectivity index (χ0n) is 23.3. The molecule has 1 N–H and O–H groups in total. The Morgan fingerprint density at radius 2 is 1.50 bits per heavy atom. The minimum atomic E-state index is -0.571. The smallest absolute Gasteiger partial charge is 0.193 e. The van der Waals surface area contributed by atoms with E-state index in [1.54, 1.807) is 20.3 Å². The molecule has 0 saturated carbocycles. The van der Waals surface area contributed by atoms with Crippen LogP contribution in [0.2, 0.25) is 0 Å². The zero-order chi connectivity index (χ0) is 26.8. The molecule has 0 aromatic heterocycles. The van der Waals surface area contributed by atoms with Crippen molar-refractivity contribution >= 4 is 16.6 Å². The lowest BCUT2D eigenvalue weighted by molar-refractivity contribution is 0.101. The van der Waals surface area contributed by atoms with Crippen molar-refractivity contribution < 1.29 is 19.4 Å². The Morgan fingerprint density at radius 1 is 0.917 bits per heavy atom. The number of rotatable bonds is 8. The van der Waals surface area contributed by atoms with Crippen molar-refractivity contribution in [2.75, 3.05) is 14.2 Å². The molecule has 4 heteroatoms. The van der Waals surface area contributed by atoms with Crippen LogP contribution in [0.1, 0.15) is 81.4 Å². The maximum Gasteiger partial charge on any atom is 0.193 e. The van der Waals surface area contributed by atoms with Crippen molar-refractivity contribution in [3.05, 3.63) is 81.2 Å². The highest BCUT2D eigenvalue weighted by molar-refractivity contribution is 6.14. The molecular weight excluding hydrogens is 448 g/mol. The minimum Gasteiger partial charge on any atom is -0.507 e. The van der Waals surface area contributed by atoms with Crippen molar-refractivity contribution in [2.45, 2.75) is 73.1 Å². The Kier molecular flexibility index (Phi) is 8.18. The van der Waals surface area contributed by atoms with E-state index in [9.17, 15) is 9.90 Å². The summed E-state index contributed by atoms with van der Waals surface area (Å²) in [4.78, 5) is 13.6. The number of ketones is 1. The first-order valence-electron chi connectivity index (χ1n) is 12.5. The molecule has 0 unspecified atom stereocenters. The Balaban J connectivity index is 2.47. The quantitative estimate of drug-likeness (QED) is 0.382. The van der Waals surface area contributed by atoms with Crippen LogP contribution in [-0.4, -0.2) is 25.1 Å². The number of aryl methyl sites for hydroxylation is 1. The summed E-state index contributed by atoms with van der Waals surface area (Å²) in [6, 6.07) is 4.15. The maximum atomic E-state index is 13.6. The first kappa shape index (κ1) is 27.3. The van der Waals surface area contributed by atoms with Gasteiger partial charge in [-0.3, -0.25) is 4.79 Å². The van der Waals surface area contributed by atoms with Gasteiger partial charge in [0.2, 0.25) is 0 Å². The van der Waals surface area contributed by atoms with Crippen LogP contribution >= 0.6 is 0 Å². The molecular formula is C32H40O4. The van der Waals surface area contributed by atoms with Crippen LogP contribution in [0.3, 0.4) is 0 Å². The molecule has 0 bridgehead atoms. The third kappa shape index (κ3) is 5.00. The number of aromatic hydroxyl groups is 1. The van der Waals surface area contributed by atoms with Gasteiger partial charge in [-0.1, -0.05) is 41.0 Å². The van der Waals surface area contributed by atoms with Crippen LogP contribution in [0.25, 0.3) is 10.8 Å². The molecule has 36 heavy (non-hydrogen) atoms. The van der Waals surface area contributed by atoms with Crippen LogP contribution < -0.4 is 4.74 Å². The van der Waals surface area contributed by atoms with E-state index in [2.05, 4.69) is 58.1 Å². The van der Waals surface area contributed by atoms with Gasteiger partial charge in [-0.05, 0) is 90.3 Å². The fourth-order valence-electron chi connectivity index (χ4n) is 5.06. The Bertz CT molecular complexity index is 1290. The van der Waals surface area contributed by atoms with Crippen LogP contribution in [0.4, 0.5) is 0 Å². The van der Waals surface area contributed by atoms with Crippen molar-refractivity contribution in [2.24, 2.45) is 0 Å². The molecule has 192 valence electrons. The number of hydrogen-bond acceptors (Lipinski definition) is 4. The Morgan fingerprint density at radius 3 is 2.00 bits per heavy atom. The SMILES string of the molecule is COC1=CC(=O)c2c(cc3cc(C)c(CC=C(C)C)c(O)c3c2OC)C1(CC=C(C)C)CC=C(C)C. The normalized spacial score (nSPS) is 14.0. The maximum absolute atomic E-state index is 13.6. The van der Waals surface area contributed by atoms with E-state index >= 15 is 0 Å². The average molecular weight is 489 g/mol. The van der Waals surface area contributed by atoms with Crippen molar-refractivity contribution in [3.8, 4) is 11.5 Å². The highest BCUT2D eigenvalue weighted by Crippen LogP contribution is 2.51. The van der Waals surface area contributed by atoms with Gasteiger partial charge in [-0.15, -0.1) is 0 Å². The average Bonchev–Trinajstić information content (AvgIpc) is 2.80. The summed E-state index contributed by atoms with van der Waals surface area (Å²) in [5.74, 6) is 1.08. The van der Waals surface area contributed by atoms with Crippen molar-refractivity contribution in [1.82, 2.24) is 0 Å². The molecule has 0 aliphatic heterocycles. The van der Waals surface area contributed by atoms with E-state index in [-0.39, 0.29) is 11.5 Å². The number of phenolic OH excluding ortho intramolecular Hbond substituents is 1. The van der Waals surface area contributed by atoms with Gasteiger partial charge in [0.15, 0.2) is 5.78 Å². The lowest BCUT2D eigenvalue weighted by Crippen LogP contribution is -2.35. The molecule has 4 nitrogen and oxygen atoms in total. The number of benzene rings is 2. The van der Waals surface area contributed by atoms with Crippen molar-refractivity contribution in [1.29, 1.82) is 0 Å². The third-order valence-corrected chi connectivity index (χ3v) is 7.03. The molecule has 0 amide bonds. The van der Waals surface area contributed by atoms with Gasteiger partial charge in [-0.2, -0.15) is 0 Å². The molecule has 2 aromatic rings. The molecule has 3 rings (SSSR count). The van der Waals surface area contributed by atoms with Gasteiger partial charge in [0.05, 0.1) is 30.6 Å². The minimum absolute atomic E-state index is 0.170. The molecule has 0 spiro atoms. The number of ether oxygens (including phenoxy) is 2. The molecule has 0 radical (unpaired) electrons. The zero-order valence-corrected chi connectivity index (χ0v) is 23.3. The van der Waals surface area contributed by atoms with Gasteiger partial charge < -0.3 is 14.6 Å². The van der Waals surface area contributed by atoms with Gasteiger partial charge in [-0.25, -0.2) is 0 Å². The number of fused-ring (bicyclic) bond motifs is 2. The van der Waals surface area contributed by atoms with Gasteiger partial charge in [0.1, 0.15) is 17.3 Å². The topological polar surface area (TPSA) is 55.8 Å². The number of hydrogen-bond donors (Lipinski definition) is 1. The van der Waals surface area contributed by atoms with E-state index in [1.807, 2.05) is 20.8 Å². The van der Waals surface area contributed by atoms with E-state index in [1.165, 1.54) is 16.7 Å². The lowest BCUT2D eigenvalue weighted by Gasteiger charge is -2.39. The predicted molar refractivity (Wildman–Crippen MR) is 149 cm³/mol. The highest BCUT2D eigenvalue weighted by atomic mass is 16.5. The largest absolute Gasteiger partial charge is 0.507 e. The van der Waals surface area contributed by atoms with Crippen LogP contribution in [-0.2, 0) is 16.6 Å². The summed E-state index contributed by atoms with van der Waals surface area (Å²) >= 11 is 0. The number of carbonyl (C=O) groups is 1. The van der Waals surface area contributed by atoms with E-state index < -0.39 is 5.41 Å². The molecule has 0 saturated heterocycles. The second kappa shape index (κ2) is 10.8. The lowest BCUT2D eigenvalue weighted by atomic mass is 9.66. The summed E-state index contributed by atoms with van der Waals surface area (Å²) in [7, 11) is 3.20. The summed E-state index contributed by atoms with van der Waals surface area (Å²) in [6.45, 7) is 14.4. The molecule has 0 heterocycles. The monoisotopic (exact) mass is 488 g/mol. The van der Waals surface area contributed by atoms with Crippen LogP contribution in [0, 0.1) is 6.92 Å². The van der Waals surface area contributed by atoms with Crippen LogP contribution in [0.5, 0.6) is 11.5 Å². The van der Waals surface area contributed by atoms with Crippen LogP contribution in [0.15, 0.2) is 58.9 Å². The summed E-state index contributed by atoms with van der Waals surface area (Å²) in [5, 5.41) is 12.9. The number of carbonyl (C=O) groups excluding carboxylic acids is 1. The Labute approximate surface area is 216 Å². The van der Waals surface area contributed by atoms with Gasteiger partial charge >= 0.3 is 0 Å². The molecule has 0 fully saturated rings. The second-order valence-electron chi connectivity index (χ2n) is 10.6. The molecule has 1 aliphatic carbocycles. The molecule has 0 atom stereocenters. The predicted octanol–water partition coefficient (Wildman–Crippen LogP) is 8.05. The van der Waals surface area contributed by atoms with Gasteiger partial charge in [0.25, 0.3) is 0 Å². The third-order valence-electron chi connectivity index (χ3n) is 7.03. The second-order valence-corrected chi connectivity index (χ2v) is 10.6. The highest BCUT2D eigenvalue weighted by Gasteiger charge is 2.44. The molecule has 1 aliphatic rings. The van der Waals surface area contributed by atoms with Gasteiger partial charge in [0, 0.05) is 11.6 Å². The first-order valence-corrected chi connectivity index (χ1v) is 12.5. The molecule has 2 aromatic carbocycles. The van der Waals surface area contributed by atoms with E-state index in [0.717, 1.165) is 22.1 Å². The Hall–Kier alpha value is -3.27. The number of methoxy groups -OCH3 is 2. The summed E-state index contributed by atoms with van der Waals surface area (Å²) in [6.07, 6.45) is 10.1. The van der Waals surface area contributed by atoms with E-state index in [4.69, 9.17) is 9.47 Å². The summed E-state index contributed by atoms with van der Waals surface area (Å²) < 4.78 is 11.8. The first-order chi connectivity index (χ1) is 17.0. The number of allylic oxidation sites excluding steroid dienone is 8. The fraction of sp³-hybridized carbons (Fsp3) is 0.406. The van der Waals surface area contributed by atoms with Crippen molar-refractivity contribution in [3.63, 3.8) is 0 Å². The summed E-state index contributed by atoms with van der Waals surface area (Å²) in [5.41, 5.74) is 6.24. The fourth-order valence-corrected chi connectivity index (χ4v) is 5.06. The number of phenols is 1.